The van der Waals surface area contributed by atoms with Crippen molar-refractivity contribution in [2.24, 2.45) is 5.10 Å². The molecule has 0 radical (unpaired) electrons. The molecule has 1 N–H and O–H groups in total. The van der Waals surface area contributed by atoms with Gasteiger partial charge < -0.3 is 9.47 Å². The number of ether oxygens (including phenoxy) is 2. The number of carbonyl (C=O) groups is 1. The Bertz CT molecular complexity index is 1380. The quantitative estimate of drug-likeness (QED) is 0.318. The molecule has 0 spiro atoms. The van der Waals surface area contributed by atoms with Crippen LogP contribution in [0.4, 0.5) is 4.39 Å². The van der Waals surface area contributed by atoms with Gasteiger partial charge in [0.25, 0.3) is 5.91 Å². The van der Waals surface area contributed by atoms with Crippen LogP contribution in [-0.2, 0) is 21.4 Å². The number of hydrogen-bond acceptors (Lipinski definition) is 6. The van der Waals surface area contributed by atoms with E-state index in [0.29, 0.717) is 34.9 Å². The Kier molecular flexibility index (Phi) is 8.42. The summed E-state index contributed by atoms with van der Waals surface area (Å²) in [6, 6.07) is 16.1. The van der Waals surface area contributed by atoms with Crippen LogP contribution in [0.25, 0.3) is 0 Å². The second kappa shape index (κ2) is 11.7. The molecule has 0 bridgehead atoms. The van der Waals surface area contributed by atoms with E-state index in [-0.39, 0.29) is 23.9 Å². The fourth-order valence-electron chi connectivity index (χ4n) is 3.90. The summed E-state index contributed by atoms with van der Waals surface area (Å²) in [7, 11) is -2.36. The fraction of sp³-hybridized carbons (Fsp3) is 0.231. The van der Waals surface area contributed by atoms with Crippen molar-refractivity contribution in [1.82, 2.24) is 9.73 Å². The van der Waals surface area contributed by atoms with E-state index in [2.05, 4.69) is 10.5 Å². The lowest BCUT2D eigenvalue weighted by Gasteiger charge is -2.22. The zero-order valence-corrected chi connectivity index (χ0v) is 21.5. The molecular formula is C26H25ClFN3O5S. The molecule has 194 valence electrons. The number of hydrazone groups is 1. The van der Waals surface area contributed by atoms with Gasteiger partial charge in [-0.1, -0.05) is 23.7 Å². The number of nitrogens with one attached hydrogen (secondary N) is 1. The fourth-order valence-corrected chi connectivity index (χ4v) is 5.68. The van der Waals surface area contributed by atoms with E-state index in [0.717, 1.165) is 5.56 Å². The van der Waals surface area contributed by atoms with Gasteiger partial charge in [0.1, 0.15) is 18.5 Å². The van der Waals surface area contributed by atoms with Gasteiger partial charge in [0.2, 0.25) is 10.0 Å². The number of halogens is 2. The number of sulfonamides is 1. The van der Waals surface area contributed by atoms with Gasteiger partial charge >= 0.3 is 0 Å². The molecule has 1 atom stereocenters. The lowest BCUT2D eigenvalue weighted by atomic mass is 10.2. The molecular weight excluding hydrogens is 521 g/mol. The van der Waals surface area contributed by atoms with Crippen molar-refractivity contribution in [1.29, 1.82) is 0 Å². The van der Waals surface area contributed by atoms with Crippen LogP contribution in [0, 0.1) is 5.82 Å². The zero-order valence-electron chi connectivity index (χ0n) is 19.9. The molecule has 4 rings (SSSR count). The summed E-state index contributed by atoms with van der Waals surface area (Å²) in [5.41, 5.74) is 3.87. The van der Waals surface area contributed by atoms with Crippen LogP contribution < -0.4 is 14.9 Å². The molecule has 0 saturated carbocycles. The molecule has 3 aromatic rings. The lowest BCUT2D eigenvalue weighted by molar-refractivity contribution is -0.124. The Balaban J connectivity index is 1.38. The van der Waals surface area contributed by atoms with Crippen LogP contribution in [0.15, 0.2) is 76.7 Å². The van der Waals surface area contributed by atoms with E-state index >= 15 is 0 Å². The average molecular weight is 546 g/mol. The van der Waals surface area contributed by atoms with Crippen LogP contribution >= 0.6 is 11.6 Å². The van der Waals surface area contributed by atoms with E-state index < -0.39 is 22.0 Å². The van der Waals surface area contributed by atoms with E-state index in [4.69, 9.17) is 21.1 Å². The van der Waals surface area contributed by atoms with Gasteiger partial charge in [0.05, 0.1) is 18.2 Å². The molecule has 8 nitrogen and oxygen atoms in total. The third-order valence-electron chi connectivity index (χ3n) is 5.81. The molecule has 1 aliphatic rings. The number of nitrogens with zero attached hydrogens (tertiary/aromatic N) is 2. The summed E-state index contributed by atoms with van der Waals surface area (Å²) in [5, 5.41) is 4.42. The highest BCUT2D eigenvalue weighted by Gasteiger charge is 2.39. The van der Waals surface area contributed by atoms with Crippen molar-refractivity contribution >= 4 is 33.7 Å². The first-order chi connectivity index (χ1) is 17.8. The largest absolute Gasteiger partial charge is 0.493 e. The predicted molar refractivity (Wildman–Crippen MR) is 138 cm³/mol. The van der Waals surface area contributed by atoms with Gasteiger partial charge in [-0.05, 0) is 78.6 Å². The zero-order chi connectivity index (χ0) is 26.4. The first kappa shape index (κ1) is 26.6. The topological polar surface area (TPSA) is 97.3 Å². The Morgan fingerprint density at radius 1 is 1.14 bits per heavy atom. The minimum absolute atomic E-state index is 0.0777. The molecule has 0 unspecified atom stereocenters. The number of carbonyl (C=O) groups excluding carboxylic acids is 1. The maximum absolute atomic E-state index is 13.1. The van der Waals surface area contributed by atoms with Crippen molar-refractivity contribution < 1.29 is 27.1 Å². The van der Waals surface area contributed by atoms with Crippen LogP contribution in [0.5, 0.6) is 11.5 Å². The van der Waals surface area contributed by atoms with Crippen molar-refractivity contribution in [3.63, 3.8) is 0 Å². The number of benzene rings is 3. The summed E-state index contributed by atoms with van der Waals surface area (Å²) in [5.74, 6) is 0.105. The normalized spacial score (nSPS) is 16.1. The third kappa shape index (κ3) is 6.46. The molecule has 1 fully saturated rings. The minimum Gasteiger partial charge on any atom is -0.493 e. The smallest absolute Gasteiger partial charge is 0.258 e. The van der Waals surface area contributed by atoms with E-state index in [1.54, 1.807) is 30.3 Å². The van der Waals surface area contributed by atoms with Gasteiger partial charge in [-0.3, -0.25) is 4.79 Å². The van der Waals surface area contributed by atoms with E-state index in [9.17, 15) is 17.6 Å². The van der Waals surface area contributed by atoms with Gasteiger partial charge in [-0.2, -0.15) is 9.41 Å². The number of amides is 1. The van der Waals surface area contributed by atoms with E-state index in [1.165, 1.54) is 54.0 Å². The summed E-state index contributed by atoms with van der Waals surface area (Å²) < 4.78 is 51.5. The van der Waals surface area contributed by atoms with Gasteiger partial charge in [0, 0.05) is 11.6 Å². The highest BCUT2D eigenvalue weighted by molar-refractivity contribution is 7.89. The minimum atomic E-state index is -3.86. The SMILES string of the molecule is COc1cc(C=NNC(=O)[C@H]2CCCN2S(=O)(=O)c2ccc(Cl)cc2)ccc1OCc1ccc(F)cc1. The highest BCUT2D eigenvalue weighted by atomic mass is 35.5. The van der Waals surface area contributed by atoms with E-state index in [1.807, 2.05) is 0 Å². The van der Waals surface area contributed by atoms with Crippen molar-refractivity contribution in [3.8, 4) is 11.5 Å². The Morgan fingerprint density at radius 2 is 1.86 bits per heavy atom. The monoisotopic (exact) mass is 545 g/mol. The standard InChI is InChI=1S/C26H25ClFN3O5S/c1-35-25-15-19(6-13-24(25)36-17-18-4-9-21(28)10-5-18)16-29-30-26(32)23-3-2-14-31(23)37(33,34)22-11-7-20(27)8-12-22/h4-13,15-16,23H,2-3,14,17H2,1H3,(H,30,32)/t23-/m1/s1. The summed E-state index contributed by atoms with van der Waals surface area (Å²) in [6.07, 6.45) is 2.38. The van der Waals surface area contributed by atoms with Crippen molar-refractivity contribution in [2.75, 3.05) is 13.7 Å². The van der Waals surface area contributed by atoms with Crippen molar-refractivity contribution in [3.05, 3.63) is 88.7 Å². The molecule has 37 heavy (non-hydrogen) atoms. The van der Waals surface area contributed by atoms with Gasteiger partial charge in [-0.25, -0.2) is 18.2 Å². The van der Waals surface area contributed by atoms with Gasteiger partial charge in [0.15, 0.2) is 11.5 Å². The van der Waals surface area contributed by atoms with Crippen LogP contribution in [0.2, 0.25) is 5.02 Å². The molecule has 0 aromatic heterocycles. The molecule has 1 saturated heterocycles. The number of hydrogen-bond donors (Lipinski definition) is 1. The first-order valence-corrected chi connectivity index (χ1v) is 13.3. The number of rotatable bonds is 9. The Labute approximate surface area is 219 Å². The molecule has 11 heteroatoms. The second-order valence-electron chi connectivity index (χ2n) is 8.29. The van der Waals surface area contributed by atoms with Gasteiger partial charge in [-0.15, -0.1) is 0 Å². The Hall–Kier alpha value is -3.47. The maximum Gasteiger partial charge on any atom is 0.258 e. The molecule has 1 aliphatic heterocycles. The predicted octanol–water partition coefficient (Wildman–Crippen LogP) is 4.37. The lowest BCUT2D eigenvalue weighted by Crippen LogP contribution is -2.44. The highest BCUT2D eigenvalue weighted by Crippen LogP contribution is 2.29. The molecule has 3 aromatic carbocycles. The summed E-state index contributed by atoms with van der Waals surface area (Å²) in [4.78, 5) is 12.9. The average Bonchev–Trinajstić information content (AvgIpc) is 3.40. The Morgan fingerprint density at radius 3 is 2.57 bits per heavy atom. The maximum atomic E-state index is 13.1. The summed E-state index contributed by atoms with van der Waals surface area (Å²) >= 11 is 5.87. The van der Waals surface area contributed by atoms with Crippen molar-refractivity contribution in [2.45, 2.75) is 30.4 Å². The number of methoxy groups -OCH3 is 1. The summed E-state index contributed by atoms with van der Waals surface area (Å²) in [6.45, 7) is 0.473. The molecule has 1 heterocycles. The third-order valence-corrected chi connectivity index (χ3v) is 7.98. The molecule has 1 amide bonds. The van der Waals surface area contributed by atoms with Crippen LogP contribution in [-0.4, -0.2) is 44.5 Å². The van der Waals surface area contributed by atoms with Crippen LogP contribution in [0.3, 0.4) is 0 Å². The second-order valence-corrected chi connectivity index (χ2v) is 10.6. The first-order valence-electron chi connectivity index (χ1n) is 11.4. The van der Waals surface area contributed by atoms with Crippen LogP contribution in [0.1, 0.15) is 24.0 Å². The molecule has 0 aliphatic carbocycles.